The van der Waals surface area contributed by atoms with Gasteiger partial charge in [-0.3, -0.25) is 4.79 Å². The van der Waals surface area contributed by atoms with Crippen molar-refractivity contribution in [3.8, 4) is 6.07 Å². The molecule has 3 nitrogen and oxygen atoms in total. The summed E-state index contributed by atoms with van der Waals surface area (Å²) in [4.78, 5) is 12.2. The molecule has 2 aromatic carbocycles. The van der Waals surface area contributed by atoms with Crippen LogP contribution in [0.4, 0.5) is 5.69 Å². The molecule has 1 atom stereocenters. The van der Waals surface area contributed by atoms with Gasteiger partial charge in [0.2, 0.25) is 0 Å². The average Bonchev–Trinajstić information content (AvgIpc) is 2.60. The van der Waals surface area contributed by atoms with E-state index in [1.54, 1.807) is 6.08 Å². The number of hydrogen-bond acceptors (Lipinski definition) is 2. The first kappa shape index (κ1) is 16.5. The van der Waals surface area contributed by atoms with Gasteiger partial charge in [-0.25, -0.2) is 0 Å². The van der Waals surface area contributed by atoms with Crippen LogP contribution in [0.1, 0.15) is 37.3 Å². The normalized spacial score (nSPS) is 12.3. The van der Waals surface area contributed by atoms with Crippen LogP contribution in [0.15, 0.2) is 60.2 Å². The highest BCUT2D eigenvalue weighted by Crippen LogP contribution is 2.20. The van der Waals surface area contributed by atoms with Crippen molar-refractivity contribution < 1.29 is 4.79 Å². The van der Waals surface area contributed by atoms with Crippen LogP contribution in [0, 0.1) is 11.3 Å². The molecule has 0 bridgehead atoms. The summed E-state index contributed by atoms with van der Waals surface area (Å²) in [6.07, 6.45) is 2.66. The molecule has 0 aliphatic heterocycles. The fourth-order valence-electron chi connectivity index (χ4n) is 2.19. The molecule has 0 spiro atoms. The van der Waals surface area contributed by atoms with Gasteiger partial charge >= 0.3 is 0 Å². The number of nitrogens with zero attached hydrogens (tertiary/aromatic N) is 1. The number of hydrogen-bond donors (Lipinski definition) is 1. The number of anilines is 1. The van der Waals surface area contributed by atoms with Crippen LogP contribution in [-0.4, -0.2) is 5.91 Å². The lowest BCUT2D eigenvalue weighted by molar-refractivity contribution is -0.112. The smallest absolute Gasteiger partial charge is 0.266 e. The molecular weight excluding hydrogens is 284 g/mol. The van der Waals surface area contributed by atoms with E-state index in [1.807, 2.05) is 60.7 Å². The van der Waals surface area contributed by atoms with E-state index in [-0.39, 0.29) is 5.57 Å². The molecule has 1 amide bonds. The molecule has 0 saturated heterocycles. The van der Waals surface area contributed by atoms with Crippen molar-refractivity contribution in [2.75, 3.05) is 5.32 Å². The Morgan fingerprint density at radius 2 is 1.83 bits per heavy atom. The molecule has 116 valence electrons. The van der Waals surface area contributed by atoms with E-state index in [1.165, 1.54) is 5.56 Å². The lowest BCUT2D eigenvalue weighted by Crippen LogP contribution is -2.13. The van der Waals surface area contributed by atoms with E-state index in [9.17, 15) is 10.1 Å². The number of amides is 1. The highest BCUT2D eigenvalue weighted by atomic mass is 16.1. The summed E-state index contributed by atoms with van der Waals surface area (Å²) >= 11 is 0. The number of benzene rings is 2. The zero-order valence-corrected chi connectivity index (χ0v) is 13.4. The van der Waals surface area contributed by atoms with Crippen LogP contribution in [0.5, 0.6) is 0 Å². The minimum absolute atomic E-state index is 0.0854. The molecule has 0 aliphatic rings. The van der Waals surface area contributed by atoms with Crippen molar-refractivity contribution in [2.24, 2.45) is 0 Å². The van der Waals surface area contributed by atoms with Gasteiger partial charge in [-0.05, 0) is 41.7 Å². The molecule has 2 rings (SSSR count). The Bertz CT molecular complexity index is 724. The van der Waals surface area contributed by atoms with Crippen LogP contribution >= 0.6 is 0 Å². The molecule has 2 aromatic rings. The number of nitriles is 1. The van der Waals surface area contributed by atoms with Crippen LogP contribution in [0.3, 0.4) is 0 Å². The van der Waals surface area contributed by atoms with E-state index >= 15 is 0 Å². The largest absolute Gasteiger partial charge is 0.321 e. The molecule has 0 aromatic heterocycles. The van der Waals surface area contributed by atoms with Gasteiger partial charge < -0.3 is 5.32 Å². The minimum Gasteiger partial charge on any atom is -0.321 e. The van der Waals surface area contributed by atoms with E-state index in [2.05, 4.69) is 19.2 Å². The molecule has 0 saturated carbocycles. The summed E-state index contributed by atoms with van der Waals surface area (Å²) in [6, 6.07) is 19.1. The van der Waals surface area contributed by atoms with Gasteiger partial charge in [0.25, 0.3) is 5.91 Å². The zero-order valence-electron chi connectivity index (χ0n) is 13.4. The van der Waals surface area contributed by atoms with Gasteiger partial charge in [-0.15, -0.1) is 0 Å². The third-order valence-electron chi connectivity index (χ3n) is 3.83. The van der Waals surface area contributed by atoms with Gasteiger partial charge in [-0.2, -0.15) is 5.26 Å². The topological polar surface area (TPSA) is 52.9 Å². The Labute approximate surface area is 137 Å². The van der Waals surface area contributed by atoms with Gasteiger partial charge in [0.15, 0.2) is 0 Å². The van der Waals surface area contributed by atoms with E-state index in [4.69, 9.17) is 0 Å². The second-order valence-corrected chi connectivity index (χ2v) is 5.47. The monoisotopic (exact) mass is 304 g/mol. The predicted octanol–water partition coefficient (Wildman–Crippen LogP) is 4.75. The fraction of sp³-hybridized carbons (Fsp3) is 0.200. The molecule has 0 unspecified atom stereocenters. The molecule has 0 heterocycles. The highest BCUT2D eigenvalue weighted by molar-refractivity contribution is 6.09. The van der Waals surface area contributed by atoms with Gasteiger partial charge in [0, 0.05) is 5.69 Å². The Hall–Kier alpha value is -2.86. The lowest BCUT2D eigenvalue weighted by atomic mass is 9.98. The molecular formula is C20H20N2O. The van der Waals surface area contributed by atoms with E-state index in [0.29, 0.717) is 11.6 Å². The maximum absolute atomic E-state index is 12.2. The Kier molecular flexibility index (Phi) is 5.71. The minimum atomic E-state index is -0.396. The summed E-state index contributed by atoms with van der Waals surface area (Å²) in [5.74, 6) is 0.0973. The quantitative estimate of drug-likeness (QED) is 0.640. The number of nitrogens with one attached hydrogen (secondary N) is 1. The SMILES string of the molecule is CC[C@@H](C)c1ccc(NC(=O)/C(C#N)=C/c2ccccc2)cc1. The third kappa shape index (κ3) is 4.55. The molecule has 3 heteroatoms. The van der Waals surface area contributed by atoms with E-state index in [0.717, 1.165) is 12.0 Å². The highest BCUT2D eigenvalue weighted by Gasteiger charge is 2.10. The first-order valence-corrected chi connectivity index (χ1v) is 7.72. The summed E-state index contributed by atoms with van der Waals surface area (Å²) in [7, 11) is 0. The Morgan fingerprint density at radius 1 is 1.17 bits per heavy atom. The van der Waals surface area contributed by atoms with Crippen molar-refractivity contribution in [3.63, 3.8) is 0 Å². The first-order chi connectivity index (χ1) is 11.1. The third-order valence-corrected chi connectivity index (χ3v) is 3.83. The van der Waals surface area contributed by atoms with Crippen LogP contribution in [-0.2, 0) is 4.79 Å². The standard InChI is InChI=1S/C20H20N2O/c1-3-15(2)17-9-11-19(12-10-17)22-20(23)18(14-21)13-16-7-5-4-6-8-16/h4-13,15H,3H2,1-2H3,(H,22,23)/b18-13+/t15-/m1/s1. The molecule has 0 aliphatic carbocycles. The van der Waals surface area contributed by atoms with Gasteiger partial charge in [0.1, 0.15) is 11.6 Å². The molecule has 1 N–H and O–H groups in total. The van der Waals surface area contributed by atoms with Gasteiger partial charge in [0.05, 0.1) is 0 Å². The van der Waals surface area contributed by atoms with Crippen molar-refractivity contribution in [1.82, 2.24) is 0 Å². The van der Waals surface area contributed by atoms with Crippen LogP contribution in [0.25, 0.3) is 6.08 Å². The number of rotatable bonds is 5. The fourth-order valence-corrected chi connectivity index (χ4v) is 2.19. The van der Waals surface area contributed by atoms with Crippen molar-refractivity contribution >= 4 is 17.7 Å². The van der Waals surface area contributed by atoms with Crippen LogP contribution in [0.2, 0.25) is 0 Å². The second kappa shape index (κ2) is 7.95. The summed E-state index contributed by atoms with van der Waals surface area (Å²) < 4.78 is 0. The lowest BCUT2D eigenvalue weighted by Gasteiger charge is -2.10. The number of carbonyl (C=O) groups excluding carboxylic acids is 1. The predicted molar refractivity (Wildman–Crippen MR) is 93.8 cm³/mol. The Balaban J connectivity index is 2.11. The van der Waals surface area contributed by atoms with E-state index < -0.39 is 5.91 Å². The molecule has 23 heavy (non-hydrogen) atoms. The molecule has 0 fully saturated rings. The number of carbonyl (C=O) groups is 1. The Morgan fingerprint density at radius 3 is 2.39 bits per heavy atom. The maximum atomic E-state index is 12.2. The summed E-state index contributed by atoms with van der Waals surface area (Å²) in [5, 5.41) is 12.0. The van der Waals surface area contributed by atoms with Gasteiger partial charge in [-0.1, -0.05) is 56.3 Å². The second-order valence-electron chi connectivity index (χ2n) is 5.47. The zero-order chi connectivity index (χ0) is 16.7. The van der Waals surface area contributed by atoms with Crippen molar-refractivity contribution in [1.29, 1.82) is 5.26 Å². The molecule has 0 radical (unpaired) electrons. The first-order valence-electron chi connectivity index (χ1n) is 7.72. The summed E-state index contributed by atoms with van der Waals surface area (Å²) in [5.41, 5.74) is 2.84. The van der Waals surface area contributed by atoms with Crippen molar-refractivity contribution in [3.05, 3.63) is 71.3 Å². The summed E-state index contributed by atoms with van der Waals surface area (Å²) in [6.45, 7) is 4.32. The van der Waals surface area contributed by atoms with Crippen LogP contribution < -0.4 is 5.32 Å². The maximum Gasteiger partial charge on any atom is 0.266 e. The van der Waals surface area contributed by atoms with Crippen molar-refractivity contribution in [2.45, 2.75) is 26.2 Å². The average molecular weight is 304 g/mol.